The molecule has 0 aromatic heterocycles. The van der Waals surface area contributed by atoms with Gasteiger partial charge < -0.3 is 15.2 Å². The Labute approximate surface area is 121 Å². The Morgan fingerprint density at radius 3 is 2.40 bits per heavy atom. The highest BCUT2D eigenvalue weighted by Gasteiger charge is 2.48. The summed E-state index contributed by atoms with van der Waals surface area (Å²) in [5, 5.41) is 13.5. The molecule has 2 N–H and O–H groups in total. The lowest BCUT2D eigenvalue weighted by atomic mass is 9.95. The Kier molecular flexibility index (Phi) is 3.99. The minimum Gasteiger partial charge on any atom is -0.492 e. The van der Waals surface area contributed by atoms with Gasteiger partial charge in [-0.3, -0.25) is 0 Å². The van der Waals surface area contributed by atoms with Crippen LogP contribution in [0.1, 0.15) is 38.2 Å². The molecule has 0 bridgehead atoms. The maximum absolute atomic E-state index is 9.88. The first-order valence-electron chi connectivity index (χ1n) is 7.86. The third-order valence-electron chi connectivity index (χ3n) is 4.54. The van der Waals surface area contributed by atoms with Gasteiger partial charge in [-0.2, -0.15) is 0 Å². The topological polar surface area (TPSA) is 41.5 Å². The molecule has 2 saturated carbocycles. The maximum atomic E-state index is 9.88. The number of rotatable bonds is 8. The van der Waals surface area contributed by atoms with E-state index >= 15 is 0 Å². The maximum Gasteiger partial charge on any atom is 0.119 e. The van der Waals surface area contributed by atoms with Crippen LogP contribution in [0.4, 0.5) is 0 Å². The predicted octanol–water partition coefficient (Wildman–Crippen LogP) is 2.52. The summed E-state index contributed by atoms with van der Waals surface area (Å²) < 4.78 is 5.97. The van der Waals surface area contributed by atoms with Crippen molar-refractivity contribution in [1.82, 2.24) is 5.32 Å². The van der Waals surface area contributed by atoms with Gasteiger partial charge in [-0.25, -0.2) is 0 Å². The monoisotopic (exact) mass is 275 g/mol. The molecule has 0 spiro atoms. The van der Waals surface area contributed by atoms with Gasteiger partial charge in [-0.05, 0) is 55.7 Å². The average Bonchev–Trinajstić information content (AvgIpc) is 3.37. The molecule has 2 fully saturated rings. The lowest BCUT2D eigenvalue weighted by Crippen LogP contribution is -2.56. The van der Waals surface area contributed by atoms with E-state index in [0.717, 1.165) is 12.2 Å². The first-order valence-corrected chi connectivity index (χ1v) is 7.86. The zero-order valence-electron chi connectivity index (χ0n) is 12.3. The summed E-state index contributed by atoms with van der Waals surface area (Å²) in [7, 11) is 0. The van der Waals surface area contributed by atoms with Crippen molar-refractivity contribution in [3.8, 4) is 5.75 Å². The van der Waals surface area contributed by atoms with E-state index in [1.54, 1.807) is 0 Å². The number of hydrogen-bond donors (Lipinski definition) is 2. The standard InChI is InChI=1S/C17H25NO2/c1-2-13-3-9-16(10-4-13)20-12-17(11-19,14-5-6-14)18-15-7-8-15/h3-4,9-10,14-15,18-19H,2,5-8,11-12H2,1H3. The fourth-order valence-corrected chi connectivity index (χ4v) is 2.80. The second-order valence-electron chi connectivity index (χ2n) is 6.29. The summed E-state index contributed by atoms with van der Waals surface area (Å²) in [5.74, 6) is 1.47. The Morgan fingerprint density at radius 2 is 1.90 bits per heavy atom. The fraction of sp³-hybridized carbons (Fsp3) is 0.647. The molecule has 0 heterocycles. The van der Waals surface area contributed by atoms with Crippen LogP contribution >= 0.6 is 0 Å². The van der Waals surface area contributed by atoms with Gasteiger partial charge >= 0.3 is 0 Å². The van der Waals surface area contributed by atoms with E-state index in [1.807, 2.05) is 12.1 Å². The number of aliphatic hydroxyl groups excluding tert-OH is 1. The number of aryl methyl sites for hydroxylation is 1. The van der Waals surface area contributed by atoms with Crippen molar-refractivity contribution in [2.45, 2.75) is 50.6 Å². The molecule has 2 aliphatic carbocycles. The van der Waals surface area contributed by atoms with Crippen LogP contribution in [-0.4, -0.2) is 29.9 Å². The third-order valence-corrected chi connectivity index (χ3v) is 4.54. The Bertz CT molecular complexity index is 437. The molecule has 1 atom stereocenters. The van der Waals surface area contributed by atoms with Crippen LogP contribution < -0.4 is 10.1 Å². The molecule has 1 aromatic rings. The van der Waals surface area contributed by atoms with Crippen molar-refractivity contribution < 1.29 is 9.84 Å². The van der Waals surface area contributed by atoms with Gasteiger partial charge in [0.1, 0.15) is 12.4 Å². The molecule has 3 rings (SSSR count). The highest BCUT2D eigenvalue weighted by atomic mass is 16.5. The molecule has 0 aliphatic heterocycles. The first kappa shape index (κ1) is 13.9. The van der Waals surface area contributed by atoms with Gasteiger partial charge in [0, 0.05) is 6.04 Å². The van der Waals surface area contributed by atoms with E-state index in [-0.39, 0.29) is 12.1 Å². The van der Waals surface area contributed by atoms with Crippen LogP contribution in [-0.2, 0) is 6.42 Å². The molecule has 20 heavy (non-hydrogen) atoms. The molecule has 2 aliphatic rings. The minimum absolute atomic E-state index is 0.168. The normalized spacial score (nSPS) is 21.5. The first-order chi connectivity index (χ1) is 9.75. The molecular weight excluding hydrogens is 250 g/mol. The van der Waals surface area contributed by atoms with E-state index in [0.29, 0.717) is 18.6 Å². The summed E-state index contributed by atoms with van der Waals surface area (Å²) in [6.45, 7) is 2.89. The van der Waals surface area contributed by atoms with Crippen molar-refractivity contribution in [3.63, 3.8) is 0 Å². The fourth-order valence-electron chi connectivity index (χ4n) is 2.80. The Balaban J connectivity index is 1.63. The van der Waals surface area contributed by atoms with Gasteiger partial charge in [0.15, 0.2) is 0 Å². The molecule has 3 heteroatoms. The number of nitrogens with one attached hydrogen (secondary N) is 1. The number of hydrogen-bond acceptors (Lipinski definition) is 3. The highest BCUT2D eigenvalue weighted by molar-refractivity contribution is 5.27. The SMILES string of the molecule is CCc1ccc(OCC(CO)(NC2CC2)C2CC2)cc1. The van der Waals surface area contributed by atoms with Gasteiger partial charge in [0.2, 0.25) is 0 Å². The quantitative estimate of drug-likeness (QED) is 0.766. The molecule has 1 unspecified atom stereocenters. The van der Waals surface area contributed by atoms with Crippen LogP contribution in [0.15, 0.2) is 24.3 Å². The van der Waals surface area contributed by atoms with Gasteiger partial charge in [0.25, 0.3) is 0 Å². The summed E-state index contributed by atoms with van der Waals surface area (Å²) in [5.41, 5.74) is 1.09. The summed E-state index contributed by atoms with van der Waals surface area (Å²) >= 11 is 0. The van der Waals surface area contributed by atoms with Crippen LogP contribution in [0.2, 0.25) is 0 Å². The van der Waals surface area contributed by atoms with Crippen LogP contribution in [0.5, 0.6) is 5.75 Å². The van der Waals surface area contributed by atoms with Gasteiger partial charge in [0.05, 0.1) is 12.1 Å². The summed E-state index contributed by atoms with van der Waals surface area (Å²) in [4.78, 5) is 0. The number of benzene rings is 1. The summed E-state index contributed by atoms with van der Waals surface area (Å²) in [6, 6.07) is 8.88. The lowest BCUT2D eigenvalue weighted by molar-refractivity contribution is 0.0831. The largest absolute Gasteiger partial charge is 0.492 e. The second-order valence-corrected chi connectivity index (χ2v) is 6.29. The summed E-state index contributed by atoms with van der Waals surface area (Å²) in [6.07, 6.45) is 5.93. The predicted molar refractivity (Wildman–Crippen MR) is 80.0 cm³/mol. The Morgan fingerprint density at radius 1 is 1.20 bits per heavy atom. The highest BCUT2D eigenvalue weighted by Crippen LogP contribution is 2.41. The van der Waals surface area contributed by atoms with E-state index in [9.17, 15) is 5.11 Å². The van der Waals surface area contributed by atoms with Crippen molar-refractivity contribution >= 4 is 0 Å². The van der Waals surface area contributed by atoms with Crippen LogP contribution in [0, 0.1) is 5.92 Å². The smallest absolute Gasteiger partial charge is 0.119 e. The molecular formula is C17H25NO2. The zero-order chi connectivity index (χ0) is 14.0. The second kappa shape index (κ2) is 5.74. The van der Waals surface area contributed by atoms with E-state index in [4.69, 9.17) is 4.74 Å². The van der Waals surface area contributed by atoms with Crippen molar-refractivity contribution in [3.05, 3.63) is 29.8 Å². The molecule has 0 saturated heterocycles. The molecule has 0 radical (unpaired) electrons. The molecule has 1 aromatic carbocycles. The third kappa shape index (κ3) is 3.15. The van der Waals surface area contributed by atoms with E-state index in [2.05, 4.69) is 24.4 Å². The van der Waals surface area contributed by atoms with Gasteiger partial charge in [-0.1, -0.05) is 19.1 Å². The molecule has 3 nitrogen and oxygen atoms in total. The van der Waals surface area contributed by atoms with Crippen LogP contribution in [0.25, 0.3) is 0 Å². The van der Waals surface area contributed by atoms with Crippen LogP contribution in [0.3, 0.4) is 0 Å². The van der Waals surface area contributed by atoms with Crippen molar-refractivity contribution in [1.29, 1.82) is 0 Å². The van der Waals surface area contributed by atoms with E-state index in [1.165, 1.54) is 31.2 Å². The van der Waals surface area contributed by atoms with E-state index < -0.39 is 0 Å². The molecule has 110 valence electrons. The average molecular weight is 275 g/mol. The minimum atomic E-state index is -0.232. The number of aliphatic hydroxyl groups is 1. The Hall–Kier alpha value is -1.06. The van der Waals surface area contributed by atoms with Crippen molar-refractivity contribution in [2.24, 2.45) is 5.92 Å². The number of ether oxygens (including phenoxy) is 1. The van der Waals surface area contributed by atoms with Crippen molar-refractivity contribution in [2.75, 3.05) is 13.2 Å². The molecule has 0 amide bonds. The van der Waals surface area contributed by atoms with Gasteiger partial charge in [-0.15, -0.1) is 0 Å². The zero-order valence-corrected chi connectivity index (χ0v) is 12.3. The lowest BCUT2D eigenvalue weighted by Gasteiger charge is -2.33.